The molecule has 0 aromatic rings. The summed E-state index contributed by atoms with van der Waals surface area (Å²) in [6, 6.07) is 0. The van der Waals surface area contributed by atoms with Crippen molar-refractivity contribution >= 4 is 25.5 Å². The van der Waals surface area contributed by atoms with Gasteiger partial charge in [0.2, 0.25) is 0 Å². The second-order valence-corrected chi connectivity index (χ2v) is 13.6. The zero-order valence-electron chi connectivity index (χ0n) is 28.4. The average molecular weight is 659 g/mol. The summed E-state index contributed by atoms with van der Waals surface area (Å²) in [5.74, 6) is -0.101. The highest BCUT2D eigenvalue weighted by atomic mass is 31.2. The van der Waals surface area contributed by atoms with Gasteiger partial charge in [0.15, 0.2) is 11.9 Å². The topological polar surface area (TPSA) is 136 Å². The van der Waals surface area contributed by atoms with Crippen LogP contribution >= 0.6 is 7.82 Å². The fraction of sp³-hybridized carbons (Fsp3) is 0.800. The number of phosphoric ester groups is 1. The van der Waals surface area contributed by atoms with Crippen LogP contribution in [0.15, 0.2) is 24.3 Å². The van der Waals surface area contributed by atoms with Crippen molar-refractivity contribution in [2.45, 2.75) is 162 Å². The fourth-order valence-electron chi connectivity index (χ4n) is 4.71. The van der Waals surface area contributed by atoms with Gasteiger partial charge in [-0.05, 0) is 44.1 Å². The molecule has 10 heteroatoms. The molecule has 0 saturated carbocycles. The van der Waals surface area contributed by atoms with E-state index in [0.29, 0.717) is 19.3 Å². The fourth-order valence-corrected chi connectivity index (χ4v) is 5.07. The molecule has 0 aliphatic heterocycles. The van der Waals surface area contributed by atoms with Crippen LogP contribution in [0.3, 0.4) is 0 Å². The molecular formula is C35H63O9P. The van der Waals surface area contributed by atoms with Crippen molar-refractivity contribution in [2.75, 3.05) is 13.2 Å². The molecule has 0 bridgehead atoms. The van der Waals surface area contributed by atoms with E-state index >= 15 is 0 Å². The van der Waals surface area contributed by atoms with Crippen molar-refractivity contribution in [1.29, 1.82) is 0 Å². The monoisotopic (exact) mass is 658 g/mol. The molecule has 0 aliphatic carbocycles. The Bertz CT molecular complexity index is 863. The molecule has 0 aromatic carbocycles. The number of phosphoric acid groups is 1. The third kappa shape index (κ3) is 33.4. The van der Waals surface area contributed by atoms with Crippen LogP contribution in [-0.2, 0) is 32.9 Å². The van der Waals surface area contributed by atoms with Crippen LogP contribution in [-0.4, -0.2) is 46.8 Å². The molecule has 1 atom stereocenters. The summed E-state index contributed by atoms with van der Waals surface area (Å²) >= 11 is 0. The van der Waals surface area contributed by atoms with Gasteiger partial charge in [-0.15, -0.1) is 0 Å². The quantitative estimate of drug-likeness (QED) is 0.0246. The van der Waals surface area contributed by atoms with Crippen LogP contribution < -0.4 is 0 Å². The minimum atomic E-state index is -4.77. The SMILES string of the molecule is CCCCC/C=C\C=C\C(=O)CCCCCCCC(=O)OC[C@H](COP(=O)(O)O)OC(=O)CCCCCCCCCCC(C)C. The maximum atomic E-state index is 12.3. The predicted octanol–water partition coefficient (Wildman–Crippen LogP) is 9.10. The Morgan fingerprint density at radius 1 is 0.689 bits per heavy atom. The normalized spacial score (nSPS) is 12.8. The first-order valence-corrected chi connectivity index (χ1v) is 19.0. The Morgan fingerprint density at radius 3 is 1.82 bits per heavy atom. The summed E-state index contributed by atoms with van der Waals surface area (Å²) in [6.07, 6.45) is 26.0. The first-order valence-electron chi connectivity index (χ1n) is 17.4. The van der Waals surface area contributed by atoms with Gasteiger partial charge in [-0.3, -0.25) is 18.9 Å². The lowest BCUT2D eigenvalue weighted by molar-refractivity contribution is -0.161. The molecule has 0 aromatic heterocycles. The van der Waals surface area contributed by atoms with E-state index in [2.05, 4.69) is 31.4 Å². The van der Waals surface area contributed by atoms with Gasteiger partial charge in [-0.1, -0.05) is 122 Å². The van der Waals surface area contributed by atoms with E-state index in [4.69, 9.17) is 19.3 Å². The summed E-state index contributed by atoms with van der Waals surface area (Å²) in [6.45, 7) is 5.77. The number of rotatable bonds is 31. The standard InChI is InChI=1S/C35H63O9P/c1-4-5-6-7-10-15-20-25-32(36)26-21-16-13-18-22-27-34(37)42-29-33(30-43-45(39,40)41)44-35(38)28-23-17-12-9-8-11-14-19-24-31(2)3/h10,15,20,25,31,33H,4-9,11-14,16-19,21-24,26-30H2,1-3H3,(H2,39,40,41)/b15-10-,25-20+/t33-/m1/s1. The maximum Gasteiger partial charge on any atom is 0.469 e. The molecule has 262 valence electrons. The van der Waals surface area contributed by atoms with Crippen LogP contribution in [0.4, 0.5) is 0 Å². The van der Waals surface area contributed by atoms with Gasteiger partial charge in [-0.2, -0.15) is 0 Å². The number of ketones is 1. The van der Waals surface area contributed by atoms with Crippen molar-refractivity contribution in [1.82, 2.24) is 0 Å². The Hall–Kier alpha value is -1.80. The van der Waals surface area contributed by atoms with Gasteiger partial charge < -0.3 is 19.3 Å². The van der Waals surface area contributed by atoms with Crippen molar-refractivity contribution in [3.63, 3.8) is 0 Å². The number of hydrogen-bond acceptors (Lipinski definition) is 7. The molecule has 2 N–H and O–H groups in total. The van der Waals surface area contributed by atoms with Gasteiger partial charge in [-0.25, -0.2) is 4.57 Å². The largest absolute Gasteiger partial charge is 0.469 e. The van der Waals surface area contributed by atoms with Crippen LogP contribution in [0.2, 0.25) is 0 Å². The van der Waals surface area contributed by atoms with E-state index in [-0.39, 0.29) is 25.2 Å². The molecule has 0 saturated heterocycles. The molecular weight excluding hydrogens is 595 g/mol. The summed E-state index contributed by atoms with van der Waals surface area (Å²) in [5.41, 5.74) is 0. The lowest BCUT2D eigenvalue weighted by Crippen LogP contribution is -2.29. The lowest BCUT2D eigenvalue weighted by Gasteiger charge is -2.18. The lowest BCUT2D eigenvalue weighted by atomic mass is 10.0. The van der Waals surface area contributed by atoms with Gasteiger partial charge in [0.25, 0.3) is 0 Å². The summed E-state index contributed by atoms with van der Waals surface area (Å²) in [4.78, 5) is 54.5. The van der Waals surface area contributed by atoms with Crippen LogP contribution in [0.5, 0.6) is 0 Å². The molecule has 0 radical (unpaired) electrons. The average Bonchev–Trinajstić information content (AvgIpc) is 2.97. The van der Waals surface area contributed by atoms with Crippen LogP contribution in [0, 0.1) is 5.92 Å². The number of carbonyl (C=O) groups excluding carboxylic acids is 3. The first-order chi connectivity index (χ1) is 21.5. The number of carbonyl (C=O) groups is 3. The van der Waals surface area contributed by atoms with E-state index < -0.39 is 32.5 Å². The number of esters is 2. The minimum absolute atomic E-state index is 0.119. The highest BCUT2D eigenvalue weighted by molar-refractivity contribution is 7.46. The number of unbranched alkanes of at least 4 members (excludes halogenated alkanes) is 14. The van der Waals surface area contributed by atoms with Crippen molar-refractivity contribution in [3.8, 4) is 0 Å². The Balaban J connectivity index is 4.09. The summed E-state index contributed by atoms with van der Waals surface area (Å²) in [5, 5.41) is 0. The number of hydrogen-bond donors (Lipinski definition) is 2. The molecule has 0 unspecified atom stereocenters. The van der Waals surface area contributed by atoms with E-state index in [1.54, 1.807) is 6.08 Å². The third-order valence-electron chi connectivity index (χ3n) is 7.38. The Kier molecular flexibility index (Phi) is 28.4. The van der Waals surface area contributed by atoms with Gasteiger partial charge in [0, 0.05) is 19.3 Å². The molecule has 0 amide bonds. The molecule has 0 heterocycles. The number of ether oxygens (including phenoxy) is 2. The maximum absolute atomic E-state index is 12.3. The summed E-state index contributed by atoms with van der Waals surface area (Å²) in [7, 11) is -4.77. The minimum Gasteiger partial charge on any atom is -0.462 e. The van der Waals surface area contributed by atoms with Crippen molar-refractivity contribution < 1.29 is 42.7 Å². The smallest absolute Gasteiger partial charge is 0.462 e. The zero-order valence-corrected chi connectivity index (χ0v) is 29.3. The second-order valence-electron chi connectivity index (χ2n) is 12.4. The van der Waals surface area contributed by atoms with Crippen molar-refractivity contribution in [2.24, 2.45) is 5.92 Å². The third-order valence-corrected chi connectivity index (χ3v) is 7.86. The van der Waals surface area contributed by atoms with Gasteiger partial charge in [0.05, 0.1) is 6.61 Å². The van der Waals surface area contributed by atoms with E-state index in [0.717, 1.165) is 57.3 Å². The molecule has 0 rings (SSSR count). The second kappa shape index (κ2) is 29.6. The Labute approximate surface area is 273 Å². The van der Waals surface area contributed by atoms with Crippen molar-refractivity contribution in [3.05, 3.63) is 24.3 Å². The zero-order chi connectivity index (χ0) is 33.6. The summed E-state index contributed by atoms with van der Waals surface area (Å²) < 4.78 is 26.1. The molecule has 0 fully saturated rings. The highest BCUT2D eigenvalue weighted by Crippen LogP contribution is 2.36. The van der Waals surface area contributed by atoms with E-state index in [9.17, 15) is 18.9 Å². The highest BCUT2D eigenvalue weighted by Gasteiger charge is 2.22. The molecule has 9 nitrogen and oxygen atoms in total. The van der Waals surface area contributed by atoms with Crippen LogP contribution in [0.1, 0.15) is 156 Å². The van der Waals surface area contributed by atoms with Gasteiger partial charge >= 0.3 is 19.8 Å². The first kappa shape index (κ1) is 43.2. The van der Waals surface area contributed by atoms with Crippen LogP contribution in [0.25, 0.3) is 0 Å². The van der Waals surface area contributed by atoms with E-state index in [1.807, 2.05) is 12.2 Å². The van der Waals surface area contributed by atoms with E-state index in [1.165, 1.54) is 51.4 Å². The predicted molar refractivity (Wildman–Crippen MR) is 180 cm³/mol. The molecule has 0 aliphatic rings. The number of allylic oxidation sites excluding steroid dienone is 4. The Morgan fingerprint density at radius 2 is 1.24 bits per heavy atom. The van der Waals surface area contributed by atoms with Gasteiger partial charge in [0.1, 0.15) is 6.61 Å². The molecule has 0 spiro atoms. The molecule has 45 heavy (non-hydrogen) atoms.